The molecule has 5 nitrogen and oxygen atoms in total. The summed E-state index contributed by atoms with van der Waals surface area (Å²) in [5, 5.41) is 1.24. The second-order valence-corrected chi connectivity index (χ2v) is 7.30. The average molecular weight is 324 g/mol. The minimum Gasteiger partial charge on any atom is -0.468 e. The third-order valence-electron chi connectivity index (χ3n) is 6.65. The van der Waals surface area contributed by atoms with Crippen molar-refractivity contribution >= 4 is 22.8 Å². The van der Waals surface area contributed by atoms with Gasteiger partial charge in [-0.1, -0.05) is 25.1 Å². The smallest absolute Gasteiger partial charge is 0.322 e. The summed E-state index contributed by atoms with van der Waals surface area (Å²) < 4.78 is 5.03. The van der Waals surface area contributed by atoms with Crippen molar-refractivity contribution in [3.05, 3.63) is 35.5 Å². The predicted molar refractivity (Wildman–Crippen MR) is 88.2 cm³/mol. The third-order valence-corrected chi connectivity index (χ3v) is 6.65. The Balaban J connectivity index is 1.73. The number of ether oxygens (including phenoxy) is 1. The molecule has 1 aromatic heterocycles. The number of amides is 1. The topological polar surface area (TPSA) is 62.4 Å². The Labute approximate surface area is 140 Å². The van der Waals surface area contributed by atoms with E-state index in [0.29, 0.717) is 13.0 Å². The molecule has 5 rings (SSSR count). The molecular weight excluding hydrogens is 304 g/mol. The second kappa shape index (κ2) is 4.21. The first-order chi connectivity index (χ1) is 11.6. The number of benzene rings is 1. The van der Waals surface area contributed by atoms with Gasteiger partial charge >= 0.3 is 5.97 Å². The number of rotatable bonds is 2. The van der Waals surface area contributed by atoms with Crippen LogP contribution in [0.15, 0.2) is 24.3 Å². The zero-order chi connectivity index (χ0) is 16.7. The monoisotopic (exact) mass is 324 g/mol. The Morgan fingerprint density at radius 2 is 2.21 bits per heavy atom. The standard InChI is InChI=1S/C19H20N2O3/c1-3-18-10-19(18,17(23)24-2)16(22)21-9-8-12-11-6-4-5-7-13(11)20-14(12)15(18)21/h4-7,15,20H,3,8-10H2,1-2H3/t15-,18+,19-/m0/s1. The molecule has 1 N–H and O–H groups in total. The van der Waals surface area contributed by atoms with Crippen LogP contribution in [0.3, 0.4) is 0 Å². The zero-order valence-corrected chi connectivity index (χ0v) is 13.9. The van der Waals surface area contributed by atoms with Crippen molar-refractivity contribution in [3.63, 3.8) is 0 Å². The van der Waals surface area contributed by atoms with Gasteiger partial charge in [0.2, 0.25) is 5.91 Å². The Morgan fingerprint density at radius 3 is 2.96 bits per heavy atom. The van der Waals surface area contributed by atoms with Crippen LogP contribution in [0, 0.1) is 10.8 Å². The summed E-state index contributed by atoms with van der Waals surface area (Å²) in [4.78, 5) is 31.1. The summed E-state index contributed by atoms with van der Waals surface area (Å²) in [6.45, 7) is 2.76. The summed E-state index contributed by atoms with van der Waals surface area (Å²) in [5.74, 6) is -0.396. The Bertz CT molecular complexity index is 901. The van der Waals surface area contributed by atoms with Gasteiger partial charge < -0.3 is 14.6 Å². The molecule has 3 heterocycles. The van der Waals surface area contributed by atoms with Crippen molar-refractivity contribution < 1.29 is 14.3 Å². The summed E-state index contributed by atoms with van der Waals surface area (Å²) in [6.07, 6.45) is 2.24. The van der Waals surface area contributed by atoms with Crippen LogP contribution in [-0.2, 0) is 20.7 Å². The highest BCUT2D eigenvalue weighted by atomic mass is 16.5. The van der Waals surface area contributed by atoms with Crippen LogP contribution in [0.1, 0.15) is 37.1 Å². The fraction of sp³-hybridized carbons (Fsp3) is 0.474. The van der Waals surface area contributed by atoms with Crippen LogP contribution in [0.2, 0.25) is 0 Å². The number of carbonyl (C=O) groups is 2. The van der Waals surface area contributed by atoms with Crippen LogP contribution in [0.25, 0.3) is 10.9 Å². The van der Waals surface area contributed by atoms with Gasteiger partial charge in [0.05, 0.1) is 13.2 Å². The molecule has 24 heavy (non-hydrogen) atoms. The molecule has 1 amide bonds. The van der Waals surface area contributed by atoms with E-state index < -0.39 is 5.41 Å². The predicted octanol–water partition coefficient (Wildman–Crippen LogP) is 2.57. The van der Waals surface area contributed by atoms with Gasteiger partial charge in [0.15, 0.2) is 5.41 Å². The molecule has 0 radical (unpaired) electrons. The van der Waals surface area contributed by atoms with E-state index in [1.54, 1.807) is 0 Å². The molecule has 5 heteroatoms. The number of aromatic nitrogens is 1. The first-order valence-electron chi connectivity index (χ1n) is 8.59. The summed E-state index contributed by atoms with van der Waals surface area (Å²) in [5.41, 5.74) is 2.26. The molecule has 0 unspecified atom stereocenters. The molecule has 1 aliphatic carbocycles. The van der Waals surface area contributed by atoms with E-state index in [9.17, 15) is 9.59 Å². The largest absolute Gasteiger partial charge is 0.468 e. The number of esters is 1. The van der Waals surface area contributed by atoms with Crippen molar-refractivity contribution in [2.24, 2.45) is 10.8 Å². The molecule has 1 saturated heterocycles. The number of methoxy groups -OCH3 is 1. The molecule has 2 aromatic rings. The first-order valence-corrected chi connectivity index (χ1v) is 8.59. The lowest BCUT2D eigenvalue weighted by molar-refractivity contribution is -0.154. The highest BCUT2D eigenvalue weighted by Crippen LogP contribution is 2.78. The van der Waals surface area contributed by atoms with E-state index in [2.05, 4.69) is 24.0 Å². The molecular formula is C19H20N2O3. The van der Waals surface area contributed by atoms with E-state index in [0.717, 1.165) is 24.1 Å². The lowest BCUT2D eigenvalue weighted by Gasteiger charge is -2.35. The summed E-state index contributed by atoms with van der Waals surface area (Å²) in [7, 11) is 1.38. The maximum Gasteiger partial charge on any atom is 0.322 e. The number of nitrogens with one attached hydrogen (secondary N) is 1. The molecule has 2 fully saturated rings. The number of nitrogens with zero attached hydrogens (tertiary/aromatic N) is 1. The van der Waals surface area contributed by atoms with Crippen LogP contribution < -0.4 is 0 Å². The highest BCUT2D eigenvalue weighted by molar-refractivity contribution is 6.10. The van der Waals surface area contributed by atoms with Crippen LogP contribution >= 0.6 is 0 Å². The number of para-hydroxylation sites is 1. The molecule has 124 valence electrons. The number of H-pyrrole nitrogens is 1. The fourth-order valence-corrected chi connectivity index (χ4v) is 5.48. The normalized spacial score (nSPS) is 33.2. The minimum absolute atomic E-state index is 0.0366. The molecule has 3 atom stereocenters. The van der Waals surface area contributed by atoms with Crippen molar-refractivity contribution in [3.8, 4) is 0 Å². The Hall–Kier alpha value is -2.30. The van der Waals surface area contributed by atoms with Gasteiger partial charge in [-0.3, -0.25) is 9.59 Å². The highest BCUT2D eigenvalue weighted by Gasteiger charge is 2.85. The number of hydrogen-bond donors (Lipinski definition) is 1. The number of fused-ring (bicyclic) bond motifs is 7. The first kappa shape index (κ1) is 14.1. The van der Waals surface area contributed by atoms with E-state index in [4.69, 9.17) is 4.74 Å². The van der Waals surface area contributed by atoms with Gasteiger partial charge in [-0.15, -0.1) is 0 Å². The van der Waals surface area contributed by atoms with E-state index in [1.165, 1.54) is 18.1 Å². The fourth-order valence-electron chi connectivity index (χ4n) is 5.48. The third kappa shape index (κ3) is 1.27. The van der Waals surface area contributed by atoms with Gasteiger partial charge in [0, 0.05) is 28.6 Å². The molecule has 0 bridgehead atoms. The molecule has 1 saturated carbocycles. The van der Waals surface area contributed by atoms with Gasteiger partial charge in [-0.05, 0) is 30.9 Å². The van der Waals surface area contributed by atoms with Crippen LogP contribution in [0.4, 0.5) is 0 Å². The summed E-state index contributed by atoms with van der Waals surface area (Å²) >= 11 is 0. The second-order valence-electron chi connectivity index (χ2n) is 7.30. The molecule has 0 spiro atoms. The van der Waals surface area contributed by atoms with Gasteiger partial charge in [0.25, 0.3) is 0 Å². The van der Waals surface area contributed by atoms with Crippen molar-refractivity contribution in [2.45, 2.75) is 32.2 Å². The number of hydrogen-bond acceptors (Lipinski definition) is 3. The SMILES string of the molecule is CC[C@]12C[C@@]1(C(=O)OC)C(=O)N1CCc3c([nH]c4ccccc34)[C@H]12. The maximum atomic E-state index is 13.1. The molecule has 2 aliphatic heterocycles. The van der Waals surface area contributed by atoms with Gasteiger partial charge in [-0.25, -0.2) is 0 Å². The Kier molecular flexibility index (Phi) is 2.47. The number of aromatic amines is 1. The quantitative estimate of drug-likeness (QED) is 0.682. The van der Waals surface area contributed by atoms with Crippen molar-refractivity contribution in [2.75, 3.05) is 13.7 Å². The minimum atomic E-state index is -0.958. The molecule has 3 aliphatic rings. The van der Waals surface area contributed by atoms with E-state index in [-0.39, 0.29) is 23.3 Å². The van der Waals surface area contributed by atoms with E-state index in [1.807, 2.05) is 17.0 Å². The van der Waals surface area contributed by atoms with E-state index >= 15 is 0 Å². The number of carbonyl (C=O) groups excluding carboxylic acids is 2. The molecule has 1 aromatic carbocycles. The zero-order valence-electron chi connectivity index (χ0n) is 13.9. The van der Waals surface area contributed by atoms with Gasteiger partial charge in [-0.2, -0.15) is 0 Å². The number of piperidine rings is 1. The van der Waals surface area contributed by atoms with Crippen molar-refractivity contribution in [1.82, 2.24) is 9.88 Å². The van der Waals surface area contributed by atoms with Crippen LogP contribution in [0.5, 0.6) is 0 Å². The Morgan fingerprint density at radius 1 is 1.42 bits per heavy atom. The maximum absolute atomic E-state index is 13.1. The lowest BCUT2D eigenvalue weighted by atomic mass is 9.83. The average Bonchev–Trinajstić information content (AvgIpc) is 3.09. The lowest BCUT2D eigenvalue weighted by Crippen LogP contribution is -2.40. The summed E-state index contributed by atoms with van der Waals surface area (Å²) in [6, 6.07) is 8.25. The van der Waals surface area contributed by atoms with Crippen molar-refractivity contribution in [1.29, 1.82) is 0 Å². The van der Waals surface area contributed by atoms with Gasteiger partial charge in [0.1, 0.15) is 0 Å². The van der Waals surface area contributed by atoms with Crippen LogP contribution in [-0.4, -0.2) is 35.4 Å².